The highest BCUT2D eigenvalue weighted by molar-refractivity contribution is 5.79. The van der Waals surface area contributed by atoms with Gasteiger partial charge in [-0.15, -0.1) is 0 Å². The summed E-state index contributed by atoms with van der Waals surface area (Å²) >= 11 is 0. The van der Waals surface area contributed by atoms with Crippen LogP contribution in [-0.4, -0.2) is 11.9 Å². The molecule has 0 unspecified atom stereocenters. The number of benzene rings is 1. The molecule has 5 aliphatic rings. The minimum atomic E-state index is -0.417. The van der Waals surface area contributed by atoms with Gasteiger partial charge in [0, 0.05) is 18.0 Å². The van der Waals surface area contributed by atoms with E-state index < -0.39 is 5.41 Å². The maximum absolute atomic E-state index is 14.3. The number of amides is 1. The van der Waals surface area contributed by atoms with Crippen molar-refractivity contribution >= 4 is 11.9 Å². The number of hydrogen-bond acceptors (Lipinski definition) is 3. The van der Waals surface area contributed by atoms with Crippen LogP contribution < -0.4 is 5.32 Å². The van der Waals surface area contributed by atoms with Gasteiger partial charge in [-0.25, -0.2) is 0 Å². The van der Waals surface area contributed by atoms with Crippen molar-refractivity contribution in [2.75, 3.05) is 0 Å². The third kappa shape index (κ3) is 4.35. The molecule has 4 nitrogen and oxygen atoms in total. The standard InChI is InChI=1S/C39H55NO3/c1-25-16-21-39(34(42)43-24-28-12-10-9-11-13-28)23-22-37(7)29(33(39)26(25)2)14-15-31-36(6)19-18-32(40-27(3)41)35(4,5)30(36)17-20-38(31,37)8/h9-14,18,25-26,30-31,33H,15-17,19-24H2,1-8H3,(H,40,41)/t25-,26+,30+,31-,33+,36+,37-,38-,39+/m1/s1. The summed E-state index contributed by atoms with van der Waals surface area (Å²) in [6.07, 6.45) is 13.5. The van der Waals surface area contributed by atoms with Crippen LogP contribution in [0.5, 0.6) is 0 Å². The molecule has 1 N–H and O–H groups in total. The first-order valence-corrected chi connectivity index (χ1v) is 17.1. The third-order valence-corrected chi connectivity index (χ3v) is 14.5. The summed E-state index contributed by atoms with van der Waals surface area (Å²) < 4.78 is 6.20. The van der Waals surface area contributed by atoms with Crippen LogP contribution in [0.4, 0.5) is 0 Å². The first kappa shape index (κ1) is 30.7. The molecule has 0 spiro atoms. The Morgan fingerprint density at radius 2 is 1.63 bits per heavy atom. The molecule has 6 rings (SSSR count). The second-order valence-electron chi connectivity index (χ2n) is 16.6. The molecule has 0 heterocycles. The molecule has 0 radical (unpaired) electrons. The van der Waals surface area contributed by atoms with Crippen LogP contribution in [0.25, 0.3) is 0 Å². The number of hydrogen-bond donors (Lipinski definition) is 1. The van der Waals surface area contributed by atoms with Crippen LogP contribution in [0, 0.1) is 56.7 Å². The Kier molecular flexibility index (Phi) is 7.38. The highest BCUT2D eigenvalue weighted by atomic mass is 16.5. The highest BCUT2D eigenvalue weighted by Crippen LogP contribution is 2.75. The summed E-state index contributed by atoms with van der Waals surface area (Å²) in [5, 5.41) is 3.20. The normalized spacial score (nSPS) is 43.0. The van der Waals surface area contributed by atoms with Crippen molar-refractivity contribution < 1.29 is 14.3 Å². The zero-order chi connectivity index (χ0) is 31.0. The summed E-state index contributed by atoms with van der Waals surface area (Å²) in [5.41, 5.74) is 3.67. The van der Waals surface area contributed by atoms with Gasteiger partial charge in [-0.05, 0) is 103 Å². The number of ether oxygens (including phenoxy) is 1. The van der Waals surface area contributed by atoms with Crippen LogP contribution in [0.15, 0.2) is 53.8 Å². The monoisotopic (exact) mass is 585 g/mol. The average Bonchev–Trinajstić information content (AvgIpc) is 2.96. The number of rotatable bonds is 4. The van der Waals surface area contributed by atoms with E-state index in [1.807, 2.05) is 30.3 Å². The van der Waals surface area contributed by atoms with Crippen molar-refractivity contribution in [3.63, 3.8) is 0 Å². The molecule has 1 amide bonds. The van der Waals surface area contributed by atoms with Gasteiger partial charge in [0.25, 0.3) is 0 Å². The average molecular weight is 586 g/mol. The summed E-state index contributed by atoms with van der Waals surface area (Å²) in [4.78, 5) is 26.3. The van der Waals surface area contributed by atoms with E-state index in [-0.39, 0.29) is 39.5 Å². The Labute approximate surface area is 260 Å². The van der Waals surface area contributed by atoms with Gasteiger partial charge < -0.3 is 10.1 Å². The molecule has 4 heteroatoms. The van der Waals surface area contributed by atoms with E-state index in [4.69, 9.17) is 4.74 Å². The van der Waals surface area contributed by atoms with E-state index in [1.54, 1.807) is 12.5 Å². The maximum Gasteiger partial charge on any atom is 0.313 e. The van der Waals surface area contributed by atoms with E-state index in [0.29, 0.717) is 30.3 Å². The molecule has 43 heavy (non-hydrogen) atoms. The van der Waals surface area contributed by atoms with Crippen molar-refractivity contribution in [2.24, 2.45) is 56.7 Å². The van der Waals surface area contributed by atoms with Gasteiger partial charge in [0.1, 0.15) is 6.61 Å². The van der Waals surface area contributed by atoms with Gasteiger partial charge in [-0.2, -0.15) is 0 Å². The first-order chi connectivity index (χ1) is 20.2. The lowest BCUT2D eigenvalue weighted by molar-refractivity contribution is -0.185. The van der Waals surface area contributed by atoms with Crippen LogP contribution in [0.2, 0.25) is 0 Å². The Balaban J connectivity index is 1.37. The molecule has 1 aromatic rings. The van der Waals surface area contributed by atoms with Crippen molar-refractivity contribution in [3.8, 4) is 0 Å². The van der Waals surface area contributed by atoms with Crippen LogP contribution >= 0.6 is 0 Å². The molecule has 0 aromatic heterocycles. The van der Waals surface area contributed by atoms with E-state index >= 15 is 0 Å². The number of nitrogens with one attached hydrogen (secondary N) is 1. The lowest BCUT2D eigenvalue weighted by atomic mass is 9.33. The van der Waals surface area contributed by atoms with Crippen molar-refractivity contribution in [3.05, 3.63) is 59.3 Å². The Bertz CT molecular complexity index is 1340. The molecule has 0 bridgehead atoms. The Morgan fingerprint density at radius 3 is 2.33 bits per heavy atom. The third-order valence-electron chi connectivity index (χ3n) is 14.5. The van der Waals surface area contributed by atoms with Gasteiger partial charge >= 0.3 is 5.97 Å². The van der Waals surface area contributed by atoms with E-state index in [9.17, 15) is 9.59 Å². The van der Waals surface area contributed by atoms with E-state index in [0.717, 1.165) is 49.8 Å². The first-order valence-electron chi connectivity index (χ1n) is 17.1. The van der Waals surface area contributed by atoms with E-state index in [1.165, 1.54) is 12.8 Å². The van der Waals surface area contributed by atoms with Crippen molar-refractivity contribution in [2.45, 2.75) is 113 Å². The molecule has 3 saturated carbocycles. The summed E-state index contributed by atoms with van der Waals surface area (Å²) in [7, 11) is 0. The van der Waals surface area contributed by atoms with Crippen LogP contribution in [-0.2, 0) is 20.9 Å². The lowest BCUT2D eigenvalue weighted by Crippen LogP contribution is -2.64. The number of carbonyl (C=O) groups is 2. The molecule has 5 aliphatic carbocycles. The predicted octanol–water partition coefficient (Wildman–Crippen LogP) is 9.02. The zero-order valence-corrected chi connectivity index (χ0v) is 28.0. The minimum Gasteiger partial charge on any atom is -0.460 e. The Morgan fingerprint density at radius 1 is 0.907 bits per heavy atom. The summed E-state index contributed by atoms with van der Waals surface area (Å²) in [6, 6.07) is 10.1. The molecule has 9 atom stereocenters. The fourth-order valence-electron chi connectivity index (χ4n) is 11.7. The van der Waals surface area contributed by atoms with Gasteiger partial charge in [0.05, 0.1) is 5.41 Å². The zero-order valence-electron chi connectivity index (χ0n) is 28.0. The maximum atomic E-state index is 14.3. The summed E-state index contributed by atoms with van der Waals surface area (Å²) in [5.74, 6) is 2.45. The topological polar surface area (TPSA) is 55.4 Å². The van der Waals surface area contributed by atoms with Crippen LogP contribution in [0.1, 0.15) is 112 Å². The lowest BCUT2D eigenvalue weighted by Gasteiger charge is -2.70. The fraction of sp³-hybridized carbons (Fsp3) is 0.692. The summed E-state index contributed by atoms with van der Waals surface area (Å²) in [6.45, 7) is 19.3. The van der Waals surface area contributed by atoms with Gasteiger partial charge in [0.15, 0.2) is 0 Å². The molecule has 0 aliphatic heterocycles. The molecule has 0 saturated heterocycles. The van der Waals surface area contributed by atoms with Gasteiger partial charge in [-0.1, -0.05) is 96.5 Å². The number of allylic oxidation sites excluding steroid dienone is 4. The molecule has 1 aromatic carbocycles. The molecule has 234 valence electrons. The fourth-order valence-corrected chi connectivity index (χ4v) is 11.7. The predicted molar refractivity (Wildman–Crippen MR) is 172 cm³/mol. The van der Waals surface area contributed by atoms with Gasteiger partial charge in [0.2, 0.25) is 5.91 Å². The van der Waals surface area contributed by atoms with Crippen LogP contribution in [0.3, 0.4) is 0 Å². The van der Waals surface area contributed by atoms with Crippen molar-refractivity contribution in [1.29, 1.82) is 0 Å². The molecule has 3 fully saturated rings. The minimum absolute atomic E-state index is 0.0325. The van der Waals surface area contributed by atoms with Gasteiger partial charge in [-0.3, -0.25) is 9.59 Å². The molecular weight excluding hydrogens is 530 g/mol. The van der Waals surface area contributed by atoms with Crippen molar-refractivity contribution in [1.82, 2.24) is 5.32 Å². The SMILES string of the molecule is CC(=O)NC1=CC[C@]2(C)[C@H]3CC=C4[C@@H]5[C@@H](C)[C@H](C)CC[C@]5(C(=O)OCc5ccccc5)CC[C@@]4(C)[C@]3(C)CC[C@H]2C1(C)C. The molecular formula is C39H55NO3. The smallest absolute Gasteiger partial charge is 0.313 e. The number of esters is 1. The highest BCUT2D eigenvalue weighted by Gasteiger charge is 2.69. The Hall–Kier alpha value is -2.36. The number of carbonyl (C=O) groups excluding carboxylic acids is 2. The van der Waals surface area contributed by atoms with E-state index in [2.05, 4.69) is 65.9 Å². The second kappa shape index (κ2) is 10.3. The second-order valence-corrected chi connectivity index (χ2v) is 16.6. The quantitative estimate of drug-likeness (QED) is 0.283. The number of fused-ring (bicyclic) bond motifs is 7. The largest absolute Gasteiger partial charge is 0.460 e.